The van der Waals surface area contributed by atoms with Crippen molar-refractivity contribution in [3.63, 3.8) is 0 Å². The topological polar surface area (TPSA) is 53.6 Å². The van der Waals surface area contributed by atoms with Crippen molar-refractivity contribution in [2.45, 2.75) is 84.8 Å². The van der Waals surface area contributed by atoms with Gasteiger partial charge in [-0.05, 0) is 52.0 Å². The molecule has 21 heavy (non-hydrogen) atoms. The summed E-state index contributed by atoms with van der Waals surface area (Å²) in [6.45, 7) is 11.5. The molecule has 1 rings (SSSR count). The summed E-state index contributed by atoms with van der Waals surface area (Å²) in [6.07, 6.45) is 4.66. The second kappa shape index (κ2) is 8.19. The van der Waals surface area contributed by atoms with E-state index in [0.717, 1.165) is 44.3 Å². The highest BCUT2D eigenvalue weighted by molar-refractivity contribution is 5.10. The Kier molecular flexibility index (Phi) is 6.91. The second-order valence-corrected chi connectivity index (χ2v) is 6.01. The van der Waals surface area contributed by atoms with Crippen molar-refractivity contribution >= 4 is 0 Å². The van der Waals surface area contributed by atoms with Gasteiger partial charge in [0.25, 0.3) is 0 Å². The van der Waals surface area contributed by atoms with Crippen LogP contribution in [-0.4, -0.2) is 21.4 Å². The molecule has 1 N–H and O–H groups in total. The van der Waals surface area contributed by atoms with Crippen LogP contribution in [0.1, 0.15) is 65.3 Å². The summed E-state index contributed by atoms with van der Waals surface area (Å²) in [4.78, 5) is 0. The molecule has 1 aromatic rings. The van der Waals surface area contributed by atoms with Gasteiger partial charge in [0.1, 0.15) is 5.54 Å². The SMILES string of the molecule is CCc1cc(CC)n(CCCC(C#N)(CC)NC(C)C)n1. The summed E-state index contributed by atoms with van der Waals surface area (Å²) in [5.41, 5.74) is 2.05. The number of aromatic nitrogens is 2. The van der Waals surface area contributed by atoms with Crippen molar-refractivity contribution < 1.29 is 0 Å². The molecule has 0 aromatic carbocycles. The van der Waals surface area contributed by atoms with E-state index in [1.54, 1.807) is 0 Å². The summed E-state index contributed by atoms with van der Waals surface area (Å²) >= 11 is 0. The fourth-order valence-electron chi connectivity index (χ4n) is 2.77. The molecule has 0 saturated heterocycles. The average Bonchev–Trinajstić information content (AvgIpc) is 2.88. The Hall–Kier alpha value is -1.34. The lowest BCUT2D eigenvalue weighted by molar-refractivity contribution is 0.325. The normalized spacial score (nSPS) is 14.1. The highest BCUT2D eigenvalue weighted by atomic mass is 15.3. The lowest BCUT2D eigenvalue weighted by atomic mass is 9.91. The lowest BCUT2D eigenvalue weighted by Gasteiger charge is -2.29. The molecule has 0 aliphatic heterocycles. The van der Waals surface area contributed by atoms with E-state index in [2.05, 4.69) is 61.9 Å². The van der Waals surface area contributed by atoms with Crippen molar-refractivity contribution in [1.82, 2.24) is 15.1 Å². The standard InChI is InChI=1S/C17H30N4/c1-6-15-12-16(7-2)21(20-15)11-9-10-17(8-3,13-18)19-14(4)5/h12,14,19H,6-11H2,1-5H3. The third kappa shape index (κ3) is 4.86. The van der Waals surface area contributed by atoms with Crippen LogP contribution in [0.2, 0.25) is 0 Å². The summed E-state index contributed by atoms with van der Waals surface area (Å²) in [5, 5.41) is 17.6. The number of hydrogen-bond donors (Lipinski definition) is 1. The van der Waals surface area contributed by atoms with E-state index >= 15 is 0 Å². The van der Waals surface area contributed by atoms with Gasteiger partial charge in [-0.3, -0.25) is 10.00 Å². The van der Waals surface area contributed by atoms with Crippen molar-refractivity contribution in [1.29, 1.82) is 5.26 Å². The van der Waals surface area contributed by atoms with Gasteiger partial charge in [0.05, 0.1) is 11.8 Å². The fraction of sp³-hybridized carbons (Fsp3) is 0.765. The van der Waals surface area contributed by atoms with E-state index in [9.17, 15) is 5.26 Å². The van der Waals surface area contributed by atoms with E-state index in [4.69, 9.17) is 0 Å². The maximum absolute atomic E-state index is 9.53. The van der Waals surface area contributed by atoms with E-state index in [0.29, 0.717) is 6.04 Å². The monoisotopic (exact) mass is 290 g/mol. The Labute approximate surface area is 129 Å². The first kappa shape index (κ1) is 17.7. The molecule has 0 bridgehead atoms. The van der Waals surface area contributed by atoms with Crippen LogP contribution in [0.4, 0.5) is 0 Å². The van der Waals surface area contributed by atoms with Crippen LogP contribution in [0.5, 0.6) is 0 Å². The molecule has 0 aliphatic rings. The predicted molar refractivity (Wildman–Crippen MR) is 87.1 cm³/mol. The molecule has 0 amide bonds. The number of hydrogen-bond acceptors (Lipinski definition) is 3. The molecule has 1 atom stereocenters. The van der Waals surface area contributed by atoms with E-state index in [1.807, 2.05) is 0 Å². The Morgan fingerprint density at radius 2 is 2.05 bits per heavy atom. The largest absolute Gasteiger partial charge is 0.297 e. The molecule has 4 nitrogen and oxygen atoms in total. The van der Waals surface area contributed by atoms with Crippen molar-refractivity contribution in [2.75, 3.05) is 0 Å². The Morgan fingerprint density at radius 3 is 2.52 bits per heavy atom. The minimum atomic E-state index is -0.402. The molecule has 0 saturated carbocycles. The van der Waals surface area contributed by atoms with E-state index in [1.165, 1.54) is 5.69 Å². The molecule has 0 spiro atoms. The zero-order valence-corrected chi connectivity index (χ0v) is 14.2. The molecule has 4 heteroatoms. The third-order valence-electron chi connectivity index (χ3n) is 3.99. The van der Waals surface area contributed by atoms with Crippen molar-refractivity contribution in [3.8, 4) is 6.07 Å². The maximum Gasteiger partial charge on any atom is 0.106 e. The van der Waals surface area contributed by atoms with Crippen LogP contribution in [0.15, 0.2) is 6.07 Å². The van der Waals surface area contributed by atoms with Gasteiger partial charge >= 0.3 is 0 Å². The van der Waals surface area contributed by atoms with Crippen LogP contribution >= 0.6 is 0 Å². The molecule has 1 unspecified atom stereocenters. The summed E-state index contributed by atoms with van der Waals surface area (Å²) in [5.74, 6) is 0. The zero-order valence-electron chi connectivity index (χ0n) is 14.2. The van der Waals surface area contributed by atoms with Gasteiger partial charge in [-0.15, -0.1) is 0 Å². The summed E-state index contributed by atoms with van der Waals surface area (Å²) < 4.78 is 2.12. The van der Waals surface area contributed by atoms with Crippen molar-refractivity contribution in [3.05, 3.63) is 17.5 Å². The van der Waals surface area contributed by atoms with E-state index in [-0.39, 0.29) is 0 Å². The number of nitrogens with zero attached hydrogens (tertiary/aromatic N) is 3. The molecule has 118 valence electrons. The molecular weight excluding hydrogens is 260 g/mol. The minimum Gasteiger partial charge on any atom is -0.297 e. The van der Waals surface area contributed by atoms with Crippen LogP contribution in [0.25, 0.3) is 0 Å². The van der Waals surface area contributed by atoms with Gasteiger partial charge in [0.15, 0.2) is 0 Å². The highest BCUT2D eigenvalue weighted by Gasteiger charge is 2.27. The summed E-state index contributed by atoms with van der Waals surface area (Å²) in [7, 11) is 0. The Bertz CT molecular complexity index is 470. The van der Waals surface area contributed by atoms with Crippen LogP contribution < -0.4 is 5.32 Å². The molecule has 0 fully saturated rings. The molecule has 1 heterocycles. The van der Waals surface area contributed by atoms with Gasteiger partial charge in [0, 0.05) is 18.3 Å². The van der Waals surface area contributed by atoms with Gasteiger partial charge < -0.3 is 0 Å². The second-order valence-electron chi connectivity index (χ2n) is 6.01. The first-order chi connectivity index (χ1) is 10.00. The number of nitrogens with one attached hydrogen (secondary N) is 1. The first-order valence-corrected chi connectivity index (χ1v) is 8.24. The minimum absolute atomic E-state index is 0.326. The quantitative estimate of drug-likeness (QED) is 0.757. The smallest absolute Gasteiger partial charge is 0.106 e. The molecule has 0 radical (unpaired) electrons. The molecular formula is C17H30N4. The molecule has 0 aliphatic carbocycles. The van der Waals surface area contributed by atoms with Gasteiger partial charge in [-0.1, -0.05) is 20.8 Å². The predicted octanol–water partition coefficient (Wildman–Crippen LogP) is 3.46. The lowest BCUT2D eigenvalue weighted by Crippen LogP contribution is -2.47. The van der Waals surface area contributed by atoms with Crippen molar-refractivity contribution in [2.24, 2.45) is 0 Å². The molecule has 1 aromatic heterocycles. The third-order valence-corrected chi connectivity index (χ3v) is 3.99. The van der Waals surface area contributed by atoms with Crippen LogP contribution in [-0.2, 0) is 19.4 Å². The van der Waals surface area contributed by atoms with E-state index < -0.39 is 5.54 Å². The van der Waals surface area contributed by atoms with Gasteiger partial charge in [0.2, 0.25) is 0 Å². The number of rotatable bonds is 9. The summed E-state index contributed by atoms with van der Waals surface area (Å²) in [6, 6.07) is 5.01. The average molecular weight is 290 g/mol. The maximum atomic E-state index is 9.53. The first-order valence-electron chi connectivity index (χ1n) is 8.24. The van der Waals surface area contributed by atoms with Gasteiger partial charge in [-0.2, -0.15) is 10.4 Å². The van der Waals surface area contributed by atoms with Crippen LogP contribution in [0, 0.1) is 11.3 Å². The zero-order chi connectivity index (χ0) is 15.9. The number of aryl methyl sites for hydroxylation is 3. The highest BCUT2D eigenvalue weighted by Crippen LogP contribution is 2.19. The van der Waals surface area contributed by atoms with Gasteiger partial charge in [-0.25, -0.2) is 0 Å². The Morgan fingerprint density at radius 1 is 1.33 bits per heavy atom. The fourth-order valence-corrected chi connectivity index (χ4v) is 2.77. The Balaban J connectivity index is 2.66. The number of nitriles is 1. The van der Waals surface area contributed by atoms with Crippen LogP contribution in [0.3, 0.4) is 0 Å².